The van der Waals surface area contributed by atoms with Crippen LogP contribution in [0.2, 0.25) is 0 Å². The monoisotopic (exact) mass is 289 g/mol. The smallest absolute Gasteiger partial charge is 0.341 e. The predicted octanol–water partition coefficient (Wildman–Crippen LogP) is 2.22. The highest BCUT2D eigenvalue weighted by Crippen LogP contribution is 2.35. The van der Waals surface area contributed by atoms with Crippen LogP contribution < -0.4 is 10.2 Å². The van der Waals surface area contributed by atoms with Crippen LogP contribution in [0.1, 0.15) is 19.3 Å². The second-order valence-electron chi connectivity index (χ2n) is 5.61. The molecule has 1 saturated heterocycles. The van der Waals surface area contributed by atoms with Gasteiger partial charge in [0.1, 0.15) is 23.5 Å². The van der Waals surface area contributed by atoms with E-state index in [2.05, 4.69) is 11.5 Å². The van der Waals surface area contributed by atoms with Crippen LogP contribution in [0.5, 0.6) is 5.75 Å². The fraction of sp³-hybridized carbons (Fsp3) is 0.400. The van der Waals surface area contributed by atoms with Gasteiger partial charge in [0.2, 0.25) is 0 Å². The number of nitrogens with one attached hydrogen (secondary N) is 1. The van der Waals surface area contributed by atoms with E-state index in [9.17, 15) is 9.18 Å². The number of fused-ring (bicyclic) bond motifs is 1. The summed E-state index contributed by atoms with van der Waals surface area (Å²) in [4.78, 5) is 13.6. The number of hydrazine groups is 1. The van der Waals surface area contributed by atoms with Gasteiger partial charge in [0.05, 0.1) is 6.04 Å². The number of ether oxygens (including phenoxy) is 1. The summed E-state index contributed by atoms with van der Waals surface area (Å²) in [6.45, 7) is 0.764. The predicted molar refractivity (Wildman–Crippen MR) is 73.6 cm³/mol. The van der Waals surface area contributed by atoms with Gasteiger partial charge in [0.25, 0.3) is 0 Å². The molecule has 1 aromatic carbocycles. The molecule has 110 valence electrons. The average molecular weight is 289 g/mol. The molecule has 1 aliphatic carbocycles. The van der Waals surface area contributed by atoms with Gasteiger partial charge >= 0.3 is 6.03 Å². The van der Waals surface area contributed by atoms with Crippen molar-refractivity contribution in [3.8, 4) is 5.75 Å². The topological polar surface area (TPSA) is 44.8 Å². The largest absolute Gasteiger partial charge is 0.490 e. The van der Waals surface area contributed by atoms with E-state index < -0.39 is 0 Å². The van der Waals surface area contributed by atoms with E-state index in [1.54, 1.807) is 17.0 Å². The number of amides is 2. The van der Waals surface area contributed by atoms with Crippen molar-refractivity contribution in [3.63, 3.8) is 0 Å². The Balaban J connectivity index is 1.35. The van der Waals surface area contributed by atoms with Crippen LogP contribution in [-0.2, 0) is 0 Å². The van der Waals surface area contributed by atoms with Crippen molar-refractivity contribution in [2.45, 2.75) is 31.4 Å². The molecule has 2 aliphatic heterocycles. The first kappa shape index (κ1) is 12.5. The maximum Gasteiger partial charge on any atom is 0.341 e. The second kappa shape index (κ2) is 4.65. The van der Waals surface area contributed by atoms with Crippen molar-refractivity contribution in [2.75, 3.05) is 6.54 Å². The van der Waals surface area contributed by atoms with E-state index in [-0.39, 0.29) is 24.0 Å². The highest BCUT2D eigenvalue weighted by Gasteiger charge is 2.44. The molecule has 0 aromatic heterocycles. The third-order valence-corrected chi connectivity index (χ3v) is 4.22. The molecule has 1 aromatic rings. The summed E-state index contributed by atoms with van der Waals surface area (Å²) < 4.78 is 18.6. The first-order chi connectivity index (χ1) is 10.2. The molecular formula is C15H16FN3O2. The molecule has 1 saturated carbocycles. The van der Waals surface area contributed by atoms with Gasteiger partial charge in [-0.15, -0.1) is 0 Å². The fourth-order valence-electron chi connectivity index (χ4n) is 3.03. The standard InChI is InChI=1S/C15H16FN3O2/c16-10-3-5-12(6-4-10)21-13-8-11(9-13)19-14-2-1-7-18(14)15(20)17-19/h2-6,11,13H,1,7-9H2,(H,17,20). The number of carbonyl (C=O) groups excluding carboxylic acids is 1. The van der Waals surface area contributed by atoms with Crippen LogP contribution in [0.15, 0.2) is 36.2 Å². The van der Waals surface area contributed by atoms with Crippen molar-refractivity contribution < 1.29 is 13.9 Å². The van der Waals surface area contributed by atoms with E-state index in [4.69, 9.17) is 4.74 Å². The Kier molecular flexibility index (Phi) is 2.77. The molecule has 6 heteroatoms. The zero-order chi connectivity index (χ0) is 14.4. The molecule has 0 atom stereocenters. The molecule has 0 spiro atoms. The molecule has 5 nitrogen and oxygen atoms in total. The Hall–Kier alpha value is -2.24. The van der Waals surface area contributed by atoms with Crippen LogP contribution in [0.25, 0.3) is 0 Å². The minimum atomic E-state index is -0.262. The van der Waals surface area contributed by atoms with Crippen molar-refractivity contribution in [1.82, 2.24) is 15.3 Å². The van der Waals surface area contributed by atoms with E-state index in [1.165, 1.54) is 12.1 Å². The number of carbonyl (C=O) groups is 1. The third-order valence-electron chi connectivity index (χ3n) is 4.22. The Morgan fingerprint density at radius 1 is 1.24 bits per heavy atom. The zero-order valence-electron chi connectivity index (χ0n) is 11.5. The van der Waals surface area contributed by atoms with Crippen LogP contribution >= 0.6 is 0 Å². The maximum absolute atomic E-state index is 12.8. The minimum absolute atomic E-state index is 0.0401. The number of hydrogen-bond acceptors (Lipinski definition) is 3. The summed E-state index contributed by atoms with van der Waals surface area (Å²) in [6, 6.07) is 6.31. The number of hydrogen-bond donors (Lipinski definition) is 1. The molecule has 2 heterocycles. The third kappa shape index (κ3) is 2.11. The van der Waals surface area contributed by atoms with Crippen molar-refractivity contribution in [2.24, 2.45) is 0 Å². The highest BCUT2D eigenvalue weighted by atomic mass is 19.1. The molecule has 21 heavy (non-hydrogen) atoms. The molecule has 2 fully saturated rings. The van der Waals surface area contributed by atoms with E-state index in [0.29, 0.717) is 5.75 Å². The van der Waals surface area contributed by atoms with Crippen LogP contribution in [0.4, 0.5) is 9.18 Å². The lowest BCUT2D eigenvalue weighted by Gasteiger charge is -2.41. The molecule has 4 rings (SSSR count). The van der Waals surface area contributed by atoms with Crippen molar-refractivity contribution >= 4 is 6.03 Å². The van der Waals surface area contributed by atoms with E-state index in [0.717, 1.165) is 31.6 Å². The summed E-state index contributed by atoms with van der Waals surface area (Å²) in [6.07, 6.45) is 4.83. The summed E-state index contributed by atoms with van der Waals surface area (Å²) in [7, 11) is 0. The van der Waals surface area contributed by atoms with Gasteiger partial charge in [-0.25, -0.2) is 14.6 Å². The number of urea groups is 1. The first-order valence-electron chi connectivity index (χ1n) is 7.20. The maximum atomic E-state index is 12.8. The van der Waals surface area contributed by atoms with E-state index >= 15 is 0 Å². The molecule has 2 amide bonds. The lowest BCUT2D eigenvalue weighted by Crippen LogP contribution is -2.51. The highest BCUT2D eigenvalue weighted by molar-refractivity contribution is 5.79. The summed E-state index contributed by atoms with van der Waals surface area (Å²) in [5.41, 5.74) is 2.90. The molecule has 0 radical (unpaired) electrons. The fourth-order valence-corrected chi connectivity index (χ4v) is 3.03. The lowest BCUT2D eigenvalue weighted by atomic mass is 9.88. The van der Waals surface area contributed by atoms with Crippen LogP contribution in [0, 0.1) is 5.82 Å². The minimum Gasteiger partial charge on any atom is -0.490 e. The molecule has 3 aliphatic rings. The SMILES string of the molecule is O=C1NN(C2CC(Oc3ccc(F)cc3)C2)C2=CCCN12. The number of nitrogens with zero attached hydrogens (tertiary/aromatic N) is 2. The van der Waals surface area contributed by atoms with Crippen LogP contribution in [0.3, 0.4) is 0 Å². The Morgan fingerprint density at radius 3 is 2.76 bits per heavy atom. The normalized spacial score (nSPS) is 27.1. The van der Waals surface area contributed by atoms with Gasteiger partial charge in [0.15, 0.2) is 0 Å². The average Bonchev–Trinajstić information content (AvgIpc) is 3.01. The van der Waals surface area contributed by atoms with Gasteiger partial charge in [0, 0.05) is 19.4 Å². The van der Waals surface area contributed by atoms with Crippen molar-refractivity contribution in [3.05, 3.63) is 42.0 Å². The summed E-state index contributed by atoms with van der Waals surface area (Å²) in [5, 5.41) is 1.96. The summed E-state index contributed by atoms with van der Waals surface area (Å²) >= 11 is 0. The van der Waals surface area contributed by atoms with Gasteiger partial charge < -0.3 is 4.74 Å². The number of rotatable bonds is 3. The van der Waals surface area contributed by atoms with Crippen LogP contribution in [-0.4, -0.2) is 34.6 Å². The van der Waals surface area contributed by atoms with Gasteiger partial charge in [-0.3, -0.25) is 9.91 Å². The molecular weight excluding hydrogens is 273 g/mol. The zero-order valence-corrected chi connectivity index (χ0v) is 11.5. The lowest BCUT2D eigenvalue weighted by molar-refractivity contribution is 0.0218. The molecule has 0 unspecified atom stereocenters. The Morgan fingerprint density at radius 2 is 2.00 bits per heavy atom. The number of benzene rings is 1. The Bertz CT molecular complexity index is 595. The van der Waals surface area contributed by atoms with Gasteiger partial charge in [-0.2, -0.15) is 0 Å². The number of halogens is 1. The quantitative estimate of drug-likeness (QED) is 0.928. The second-order valence-corrected chi connectivity index (χ2v) is 5.61. The molecule has 0 bridgehead atoms. The summed E-state index contributed by atoms with van der Waals surface area (Å²) in [5.74, 6) is 1.40. The van der Waals surface area contributed by atoms with E-state index in [1.807, 2.05) is 5.01 Å². The Labute approximate surface area is 121 Å². The molecule has 1 N–H and O–H groups in total. The van der Waals surface area contributed by atoms with Gasteiger partial charge in [-0.05, 0) is 36.8 Å². The first-order valence-corrected chi connectivity index (χ1v) is 7.20. The van der Waals surface area contributed by atoms with Crippen molar-refractivity contribution in [1.29, 1.82) is 0 Å². The van der Waals surface area contributed by atoms with Gasteiger partial charge in [-0.1, -0.05) is 0 Å².